The van der Waals surface area contributed by atoms with E-state index in [2.05, 4.69) is 49.6 Å². The Morgan fingerprint density at radius 1 is 0.594 bits per heavy atom. The van der Waals surface area contributed by atoms with Gasteiger partial charge in [0, 0.05) is 0 Å². The normalized spacial score (nSPS) is 13.5. The lowest BCUT2D eigenvalue weighted by atomic mass is 9.94. The first kappa shape index (κ1) is 29.2. The highest BCUT2D eigenvalue weighted by Crippen LogP contribution is 2.26. The zero-order chi connectivity index (χ0) is 23.3. The summed E-state index contributed by atoms with van der Waals surface area (Å²) in [6.07, 6.45) is 33.9. The van der Waals surface area contributed by atoms with Gasteiger partial charge in [0.25, 0.3) is 5.82 Å². The number of imidazole rings is 1. The number of H-pyrrole nitrogens is 1. The maximum Gasteiger partial charge on any atom is 0.257 e. The van der Waals surface area contributed by atoms with Gasteiger partial charge in [-0.05, 0) is 32.6 Å². The molecule has 2 heteroatoms. The van der Waals surface area contributed by atoms with Gasteiger partial charge in [-0.2, -0.15) is 0 Å². The fraction of sp³-hybridized carbons (Fsp3) is 0.900. The van der Waals surface area contributed by atoms with Crippen LogP contribution in [0, 0.1) is 0 Å². The van der Waals surface area contributed by atoms with Crippen molar-refractivity contribution in [2.24, 2.45) is 0 Å². The minimum Gasteiger partial charge on any atom is -0.247 e. The highest BCUT2D eigenvalue weighted by atomic mass is 15.1. The maximum atomic E-state index is 3.64. The number of aromatic amines is 1. The van der Waals surface area contributed by atoms with Crippen molar-refractivity contribution in [3.63, 3.8) is 0 Å². The molecule has 0 saturated carbocycles. The van der Waals surface area contributed by atoms with E-state index in [1.807, 2.05) is 0 Å². The maximum absolute atomic E-state index is 3.64. The minimum absolute atomic E-state index is 0.624. The topological polar surface area (TPSA) is 19.7 Å². The average molecular weight is 448 g/mol. The molecule has 2 nitrogen and oxygen atoms in total. The van der Waals surface area contributed by atoms with Crippen LogP contribution in [0.15, 0.2) is 12.4 Å². The number of nitrogens with one attached hydrogen (secondary N) is 1. The highest BCUT2D eigenvalue weighted by Gasteiger charge is 2.24. The fourth-order valence-corrected chi connectivity index (χ4v) is 5.25. The van der Waals surface area contributed by atoms with Gasteiger partial charge in [0.2, 0.25) is 0 Å². The largest absolute Gasteiger partial charge is 0.257 e. The van der Waals surface area contributed by atoms with Crippen LogP contribution in [0.25, 0.3) is 0 Å². The number of nitrogens with zero attached hydrogens (tertiary/aromatic N) is 1. The molecular weight excluding hydrogens is 388 g/mol. The fourth-order valence-electron chi connectivity index (χ4n) is 5.25. The smallest absolute Gasteiger partial charge is 0.247 e. The molecular formula is C30H59N2+. The third-order valence-electron chi connectivity index (χ3n) is 7.37. The molecule has 0 aliphatic rings. The second-order valence-corrected chi connectivity index (χ2v) is 10.5. The average Bonchev–Trinajstić information content (AvgIpc) is 3.29. The Labute approximate surface area is 202 Å². The van der Waals surface area contributed by atoms with Crippen LogP contribution in [0.4, 0.5) is 0 Å². The van der Waals surface area contributed by atoms with Crippen LogP contribution in [0.5, 0.6) is 0 Å². The van der Waals surface area contributed by atoms with Crippen molar-refractivity contribution < 1.29 is 4.57 Å². The Hall–Kier alpha value is -0.790. The second kappa shape index (κ2) is 20.8. The number of hydrogen-bond donors (Lipinski definition) is 1. The van der Waals surface area contributed by atoms with Crippen LogP contribution in [0.1, 0.15) is 180 Å². The van der Waals surface area contributed by atoms with Crippen LogP contribution in [-0.4, -0.2) is 4.98 Å². The van der Waals surface area contributed by atoms with Crippen molar-refractivity contribution in [1.29, 1.82) is 0 Å². The molecule has 0 aromatic carbocycles. The summed E-state index contributed by atoms with van der Waals surface area (Å²) in [6, 6.07) is 0.624. The van der Waals surface area contributed by atoms with Crippen LogP contribution >= 0.6 is 0 Å². The first-order chi connectivity index (χ1) is 15.7. The summed E-state index contributed by atoms with van der Waals surface area (Å²) in [7, 11) is 0. The van der Waals surface area contributed by atoms with Crippen molar-refractivity contribution in [3.05, 3.63) is 18.2 Å². The van der Waals surface area contributed by atoms with Gasteiger partial charge < -0.3 is 0 Å². The Morgan fingerprint density at radius 3 is 1.56 bits per heavy atom. The molecule has 2 atom stereocenters. The van der Waals surface area contributed by atoms with Gasteiger partial charge in [-0.25, -0.2) is 9.55 Å². The van der Waals surface area contributed by atoms with Gasteiger partial charge in [0.15, 0.2) is 0 Å². The Morgan fingerprint density at radius 2 is 1.06 bits per heavy atom. The summed E-state index contributed by atoms with van der Waals surface area (Å²) in [5.41, 5.74) is 0. The molecule has 1 aromatic heterocycles. The SMILES string of the molecule is CCCCCCCCCCCCC(C)[n+]1cc[nH]c1C(CCC)CCCCCCCCC. The third-order valence-corrected chi connectivity index (χ3v) is 7.37. The summed E-state index contributed by atoms with van der Waals surface area (Å²) in [5.74, 6) is 2.21. The van der Waals surface area contributed by atoms with Crippen molar-refractivity contribution in [1.82, 2.24) is 4.98 Å². The lowest BCUT2D eigenvalue weighted by molar-refractivity contribution is -0.727. The van der Waals surface area contributed by atoms with Crippen molar-refractivity contribution in [3.8, 4) is 0 Å². The van der Waals surface area contributed by atoms with Crippen LogP contribution in [-0.2, 0) is 0 Å². The number of aromatic nitrogens is 2. The molecule has 0 radical (unpaired) electrons. The quantitative estimate of drug-likeness (QED) is 0.127. The van der Waals surface area contributed by atoms with Gasteiger partial charge >= 0.3 is 0 Å². The second-order valence-electron chi connectivity index (χ2n) is 10.5. The summed E-state index contributed by atoms with van der Waals surface area (Å²) < 4.78 is 2.58. The molecule has 0 amide bonds. The van der Waals surface area contributed by atoms with E-state index < -0.39 is 0 Å². The molecule has 2 unspecified atom stereocenters. The monoisotopic (exact) mass is 447 g/mol. The summed E-state index contributed by atoms with van der Waals surface area (Å²) in [4.78, 5) is 3.64. The molecule has 1 aromatic rings. The van der Waals surface area contributed by atoms with E-state index in [4.69, 9.17) is 0 Å². The van der Waals surface area contributed by atoms with Crippen LogP contribution < -0.4 is 4.57 Å². The number of unbranched alkanes of at least 4 members (excludes halogenated alkanes) is 15. The molecule has 0 spiro atoms. The Balaban J connectivity index is 2.29. The molecule has 188 valence electrons. The first-order valence-corrected chi connectivity index (χ1v) is 14.8. The lowest BCUT2D eigenvalue weighted by Gasteiger charge is -2.16. The van der Waals surface area contributed by atoms with E-state index in [1.165, 1.54) is 141 Å². The predicted molar refractivity (Wildman–Crippen MR) is 142 cm³/mol. The molecule has 0 aliphatic heterocycles. The van der Waals surface area contributed by atoms with Gasteiger partial charge in [-0.1, -0.05) is 130 Å². The highest BCUT2D eigenvalue weighted by molar-refractivity contribution is 4.90. The summed E-state index contributed by atoms with van der Waals surface area (Å²) in [5, 5.41) is 0. The Bertz CT molecular complexity index is 507. The molecule has 0 saturated heterocycles. The van der Waals surface area contributed by atoms with Crippen molar-refractivity contribution >= 4 is 0 Å². The molecule has 1 rings (SSSR count). The molecule has 1 N–H and O–H groups in total. The van der Waals surface area contributed by atoms with Gasteiger partial charge in [0.1, 0.15) is 12.4 Å². The molecule has 32 heavy (non-hydrogen) atoms. The van der Waals surface area contributed by atoms with Gasteiger partial charge in [0.05, 0.1) is 12.0 Å². The first-order valence-electron chi connectivity index (χ1n) is 14.8. The third kappa shape index (κ3) is 13.7. The summed E-state index contributed by atoms with van der Waals surface area (Å²) in [6.45, 7) is 9.38. The van der Waals surface area contributed by atoms with E-state index in [1.54, 1.807) is 0 Å². The van der Waals surface area contributed by atoms with Crippen molar-refractivity contribution in [2.75, 3.05) is 0 Å². The van der Waals surface area contributed by atoms with Crippen LogP contribution in [0.2, 0.25) is 0 Å². The van der Waals surface area contributed by atoms with Crippen molar-refractivity contribution in [2.45, 2.75) is 174 Å². The van der Waals surface area contributed by atoms with Gasteiger partial charge in [-0.3, -0.25) is 0 Å². The van der Waals surface area contributed by atoms with Gasteiger partial charge in [-0.15, -0.1) is 0 Å². The minimum atomic E-state index is 0.624. The zero-order valence-corrected chi connectivity index (χ0v) is 22.6. The van der Waals surface area contributed by atoms with E-state index >= 15 is 0 Å². The van der Waals surface area contributed by atoms with E-state index in [0.29, 0.717) is 12.0 Å². The molecule has 0 fully saturated rings. The molecule has 1 heterocycles. The summed E-state index contributed by atoms with van der Waals surface area (Å²) >= 11 is 0. The number of rotatable bonds is 23. The molecule has 0 aliphatic carbocycles. The van der Waals surface area contributed by atoms with E-state index in [-0.39, 0.29) is 0 Å². The van der Waals surface area contributed by atoms with E-state index in [9.17, 15) is 0 Å². The predicted octanol–water partition coefficient (Wildman–Crippen LogP) is 10.2. The lowest BCUT2D eigenvalue weighted by Crippen LogP contribution is -2.41. The zero-order valence-electron chi connectivity index (χ0n) is 22.6. The van der Waals surface area contributed by atoms with E-state index in [0.717, 1.165) is 0 Å². The molecule has 0 bridgehead atoms. The Kier molecular flexibility index (Phi) is 19.0. The number of hydrogen-bond acceptors (Lipinski definition) is 0. The standard InChI is InChI=1S/C30H58N2/c1-5-8-10-12-14-15-16-18-19-21-24-28(4)32-27-26-31-30(32)29(23-7-3)25-22-20-17-13-11-9-6-2/h26-29H,5-25H2,1-4H3/p+1. The van der Waals surface area contributed by atoms with Crippen LogP contribution in [0.3, 0.4) is 0 Å².